The van der Waals surface area contributed by atoms with Gasteiger partial charge >= 0.3 is 0 Å². The molecule has 0 N–H and O–H groups in total. The average Bonchev–Trinajstić information content (AvgIpc) is 2.03. The Morgan fingerprint density at radius 2 is 1.91 bits per heavy atom. The lowest BCUT2D eigenvalue weighted by molar-refractivity contribution is 0.419. The van der Waals surface area contributed by atoms with Crippen molar-refractivity contribution >= 4 is 19.2 Å². The summed E-state index contributed by atoms with van der Waals surface area (Å²) in [5.41, 5.74) is 2.26. The standard InChI is InChI=1S/C9H17ClSi/c1-11(10)8-7-9-5-3-2-4-6-9/h7-9,11H,2-6H2,1H3. The molecule has 1 rings (SSSR count). The van der Waals surface area contributed by atoms with Crippen LogP contribution >= 0.6 is 11.1 Å². The highest BCUT2D eigenvalue weighted by molar-refractivity contribution is 7.09. The minimum absolute atomic E-state index is 0.859. The van der Waals surface area contributed by atoms with E-state index in [1.165, 1.54) is 32.1 Å². The largest absolute Gasteiger partial charge is 0.166 e. The molecule has 0 aliphatic heterocycles. The van der Waals surface area contributed by atoms with Crippen molar-refractivity contribution in [1.29, 1.82) is 0 Å². The fraction of sp³-hybridized carbons (Fsp3) is 0.778. The van der Waals surface area contributed by atoms with Gasteiger partial charge in [-0.25, -0.2) is 0 Å². The molecule has 64 valence electrons. The second-order valence-electron chi connectivity index (χ2n) is 3.46. The van der Waals surface area contributed by atoms with Gasteiger partial charge in [-0.05, 0) is 18.8 Å². The molecule has 0 heterocycles. The Morgan fingerprint density at radius 1 is 1.27 bits per heavy atom. The van der Waals surface area contributed by atoms with E-state index in [0.29, 0.717) is 0 Å². The smallest absolute Gasteiger partial charge is 0.161 e. The number of allylic oxidation sites excluding steroid dienone is 1. The van der Waals surface area contributed by atoms with Crippen molar-refractivity contribution in [2.75, 3.05) is 0 Å². The molecule has 1 fully saturated rings. The second kappa shape index (κ2) is 4.99. The van der Waals surface area contributed by atoms with Crippen molar-refractivity contribution in [2.45, 2.75) is 38.7 Å². The summed E-state index contributed by atoms with van der Waals surface area (Å²) in [6.45, 7) is 2.15. The molecule has 0 aromatic carbocycles. The van der Waals surface area contributed by atoms with Crippen molar-refractivity contribution in [1.82, 2.24) is 0 Å². The minimum Gasteiger partial charge on any atom is -0.166 e. The Balaban J connectivity index is 2.23. The fourth-order valence-corrected chi connectivity index (χ4v) is 2.51. The average molecular weight is 189 g/mol. The normalized spacial score (nSPS) is 24.2. The van der Waals surface area contributed by atoms with Gasteiger partial charge in [-0.15, -0.1) is 0 Å². The Morgan fingerprint density at radius 3 is 2.45 bits per heavy atom. The van der Waals surface area contributed by atoms with Crippen LogP contribution in [0.25, 0.3) is 0 Å². The lowest BCUT2D eigenvalue weighted by Gasteiger charge is -2.17. The molecule has 0 bridgehead atoms. The summed E-state index contributed by atoms with van der Waals surface area (Å²) < 4.78 is 0. The SMILES string of the molecule is C[SiH](Cl)C=CC1CCCCC1. The van der Waals surface area contributed by atoms with E-state index in [4.69, 9.17) is 11.1 Å². The first kappa shape index (κ1) is 9.34. The van der Waals surface area contributed by atoms with Crippen molar-refractivity contribution in [3.05, 3.63) is 11.8 Å². The van der Waals surface area contributed by atoms with Gasteiger partial charge in [-0.1, -0.05) is 37.6 Å². The minimum atomic E-state index is -0.950. The Hall–Kier alpha value is 0.247. The van der Waals surface area contributed by atoms with Crippen LogP contribution in [0.4, 0.5) is 0 Å². The fourth-order valence-electron chi connectivity index (χ4n) is 1.64. The second-order valence-corrected chi connectivity index (χ2v) is 7.27. The predicted molar refractivity (Wildman–Crippen MR) is 54.6 cm³/mol. The highest BCUT2D eigenvalue weighted by Gasteiger charge is 2.09. The molecule has 2 heteroatoms. The van der Waals surface area contributed by atoms with E-state index < -0.39 is 8.11 Å². The zero-order valence-corrected chi connectivity index (χ0v) is 9.13. The van der Waals surface area contributed by atoms with E-state index in [0.717, 1.165) is 5.92 Å². The van der Waals surface area contributed by atoms with Gasteiger partial charge in [0.25, 0.3) is 0 Å². The van der Waals surface area contributed by atoms with Crippen molar-refractivity contribution < 1.29 is 0 Å². The molecule has 1 atom stereocenters. The maximum Gasteiger partial charge on any atom is 0.161 e. The van der Waals surface area contributed by atoms with E-state index >= 15 is 0 Å². The van der Waals surface area contributed by atoms with E-state index in [9.17, 15) is 0 Å². The molecule has 1 aliphatic rings. The zero-order valence-electron chi connectivity index (χ0n) is 7.22. The molecule has 0 nitrogen and oxygen atoms in total. The summed E-state index contributed by atoms with van der Waals surface area (Å²) in [6.07, 6.45) is 9.45. The van der Waals surface area contributed by atoms with Crippen LogP contribution in [-0.2, 0) is 0 Å². The first-order valence-corrected chi connectivity index (χ1v) is 8.18. The van der Waals surface area contributed by atoms with Crippen LogP contribution in [0, 0.1) is 5.92 Å². The molecular weight excluding hydrogens is 172 g/mol. The molecule has 11 heavy (non-hydrogen) atoms. The molecule has 0 saturated heterocycles. The summed E-state index contributed by atoms with van der Waals surface area (Å²) in [5.74, 6) is 0.859. The van der Waals surface area contributed by atoms with Gasteiger partial charge in [0.2, 0.25) is 0 Å². The van der Waals surface area contributed by atoms with Crippen molar-refractivity contribution in [3.8, 4) is 0 Å². The lowest BCUT2D eigenvalue weighted by atomic mass is 9.90. The first-order chi connectivity index (χ1) is 5.29. The molecule has 1 saturated carbocycles. The predicted octanol–water partition coefficient (Wildman–Crippen LogP) is 3.25. The van der Waals surface area contributed by atoms with Gasteiger partial charge in [-0.2, -0.15) is 11.1 Å². The van der Waals surface area contributed by atoms with Crippen LogP contribution in [0.2, 0.25) is 6.55 Å². The lowest BCUT2D eigenvalue weighted by Crippen LogP contribution is -2.03. The number of hydrogen-bond donors (Lipinski definition) is 0. The summed E-state index contributed by atoms with van der Waals surface area (Å²) in [4.78, 5) is 0. The van der Waals surface area contributed by atoms with Gasteiger partial charge in [0, 0.05) is 0 Å². The molecule has 1 aliphatic carbocycles. The third kappa shape index (κ3) is 3.97. The molecular formula is C9H17ClSi. The van der Waals surface area contributed by atoms with Crippen LogP contribution in [0.1, 0.15) is 32.1 Å². The molecule has 0 amide bonds. The van der Waals surface area contributed by atoms with Crippen molar-refractivity contribution in [2.24, 2.45) is 5.92 Å². The van der Waals surface area contributed by atoms with Gasteiger partial charge < -0.3 is 0 Å². The number of halogens is 1. The Labute approximate surface area is 75.9 Å². The Bertz CT molecular complexity index is 126. The summed E-state index contributed by atoms with van der Waals surface area (Å²) >= 11 is 5.95. The quantitative estimate of drug-likeness (QED) is 0.461. The van der Waals surface area contributed by atoms with Gasteiger partial charge in [-0.3, -0.25) is 0 Å². The van der Waals surface area contributed by atoms with E-state index in [1.807, 2.05) is 0 Å². The van der Waals surface area contributed by atoms with Crippen LogP contribution in [-0.4, -0.2) is 8.11 Å². The first-order valence-electron chi connectivity index (χ1n) is 4.61. The van der Waals surface area contributed by atoms with Crippen LogP contribution in [0.5, 0.6) is 0 Å². The Kier molecular flexibility index (Phi) is 4.24. The molecule has 0 aromatic rings. The molecule has 0 radical (unpaired) electrons. The number of hydrogen-bond acceptors (Lipinski definition) is 0. The van der Waals surface area contributed by atoms with E-state index in [-0.39, 0.29) is 0 Å². The van der Waals surface area contributed by atoms with Crippen LogP contribution in [0.15, 0.2) is 11.8 Å². The van der Waals surface area contributed by atoms with E-state index in [2.05, 4.69) is 18.3 Å². The third-order valence-electron chi connectivity index (χ3n) is 2.30. The van der Waals surface area contributed by atoms with Crippen LogP contribution < -0.4 is 0 Å². The summed E-state index contributed by atoms with van der Waals surface area (Å²) in [5, 5.41) is 0. The monoisotopic (exact) mass is 188 g/mol. The van der Waals surface area contributed by atoms with E-state index in [1.54, 1.807) is 0 Å². The molecule has 0 aromatic heterocycles. The highest BCUT2D eigenvalue weighted by Crippen LogP contribution is 2.24. The summed E-state index contributed by atoms with van der Waals surface area (Å²) in [6, 6.07) is 0. The molecule has 1 unspecified atom stereocenters. The van der Waals surface area contributed by atoms with Crippen LogP contribution in [0.3, 0.4) is 0 Å². The highest BCUT2D eigenvalue weighted by atomic mass is 35.6. The van der Waals surface area contributed by atoms with Crippen molar-refractivity contribution in [3.63, 3.8) is 0 Å². The van der Waals surface area contributed by atoms with Gasteiger partial charge in [0.15, 0.2) is 8.11 Å². The summed E-state index contributed by atoms with van der Waals surface area (Å²) in [7, 11) is -0.950. The molecule has 0 spiro atoms. The maximum absolute atomic E-state index is 5.95. The maximum atomic E-state index is 5.95. The number of rotatable bonds is 2. The third-order valence-corrected chi connectivity index (χ3v) is 3.49. The van der Waals surface area contributed by atoms with Gasteiger partial charge in [0.1, 0.15) is 0 Å². The topological polar surface area (TPSA) is 0 Å². The zero-order chi connectivity index (χ0) is 8.10. The van der Waals surface area contributed by atoms with Gasteiger partial charge in [0.05, 0.1) is 0 Å².